The van der Waals surface area contributed by atoms with E-state index in [-0.39, 0.29) is 11.3 Å². The molecule has 21 heavy (non-hydrogen) atoms. The van der Waals surface area contributed by atoms with Crippen molar-refractivity contribution in [3.8, 4) is 0 Å². The number of amides is 1. The Morgan fingerprint density at radius 1 is 1.29 bits per heavy atom. The van der Waals surface area contributed by atoms with Crippen LogP contribution in [0.5, 0.6) is 0 Å². The van der Waals surface area contributed by atoms with E-state index in [9.17, 15) is 4.79 Å². The predicted molar refractivity (Wildman–Crippen MR) is 90.2 cm³/mol. The molecule has 1 N–H and O–H groups in total. The van der Waals surface area contributed by atoms with E-state index in [1.165, 1.54) is 5.56 Å². The second kappa shape index (κ2) is 7.18. The Morgan fingerprint density at radius 3 is 2.71 bits per heavy atom. The number of aromatic nitrogens is 1. The van der Waals surface area contributed by atoms with Gasteiger partial charge in [-0.25, -0.2) is 4.98 Å². The van der Waals surface area contributed by atoms with Crippen molar-refractivity contribution < 1.29 is 4.79 Å². The van der Waals surface area contributed by atoms with E-state index in [1.807, 2.05) is 5.38 Å². The lowest BCUT2D eigenvalue weighted by molar-refractivity contribution is -0.121. The molecule has 2 rings (SSSR count). The number of thiophene rings is 1. The predicted octanol–water partition coefficient (Wildman–Crippen LogP) is 3.79. The van der Waals surface area contributed by atoms with Gasteiger partial charge in [-0.2, -0.15) is 11.3 Å². The van der Waals surface area contributed by atoms with Gasteiger partial charge in [0.15, 0.2) is 0 Å². The first kappa shape index (κ1) is 16.2. The van der Waals surface area contributed by atoms with E-state index in [0.29, 0.717) is 13.0 Å². The quantitative estimate of drug-likeness (QED) is 0.879. The fourth-order valence-electron chi connectivity index (χ4n) is 1.86. The molecule has 5 heteroatoms. The second-order valence-corrected chi connectivity index (χ2v) is 7.83. The van der Waals surface area contributed by atoms with Gasteiger partial charge in [-0.3, -0.25) is 4.79 Å². The van der Waals surface area contributed by atoms with Crippen molar-refractivity contribution in [3.05, 3.63) is 38.5 Å². The molecule has 2 aromatic heterocycles. The molecule has 0 aliphatic carbocycles. The average molecular weight is 322 g/mol. The number of hydrogen-bond donors (Lipinski definition) is 1. The highest BCUT2D eigenvalue weighted by Crippen LogP contribution is 2.23. The van der Waals surface area contributed by atoms with Crippen LogP contribution in [-0.2, 0) is 23.1 Å². The van der Waals surface area contributed by atoms with Crippen LogP contribution in [0.25, 0.3) is 0 Å². The summed E-state index contributed by atoms with van der Waals surface area (Å²) in [6, 6.07) is 2.07. The van der Waals surface area contributed by atoms with E-state index in [0.717, 1.165) is 23.5 Å². The number of thiazole rings is 1. The minimum atomic E-state index is 0.0958. The Balaban J connectivity index is 1.69. The molecule has 0 unspecified atom stereocenters. The molecule has 1 amide bonds. The zero-order valence-electron chi connectivity index (χ0n) is 12.8. The summed E-state index contributed by atoms with van der Waals surface area (Å²) in [7, 11) is 0. The first-order valence-corrected chi connectivity index (χ1v) is 9.00. The van der Waals surface area contributed by atoms with Gasteiger partial charge in [0.05, 0.1) is 10.7 Å². The minimum absolute atomic E-state index is 0.0958. The maximum atomic E-state index is 11.8. The number of nitrogens with one attached hydrogen (secondary N) is 1. The van der Waals surface area contributed by atoms with Gasteiger partial charge in [-0.15, -0.1) is 11.3 Å². The fraction of sp³-hybridized carbons (Fsp3) is 0.500. The zero-order valence-corrected chi connectivity index (χ0v) is 14.4. The molecule has 2 heterocycles. The average Bonchev–Trinajstić information content (AvgIpc) is 3.07. The molecular weight excluding hydrogens is 300 g/mol. The number of carbonyl (C=O) groups excluding carboxylic acids is 1. The highest BCUT2D eigenvalue weighted by atomic mass is 32.1. The normalized spacial score (nSPS) is 11.6. The van der Waals surface area contributed by atoms with Gasteiger partial charge in [-0.05, 0) is 28.8 Å². The lowest BCUT2D eigenvalue weighted by Gasteiger charge is -2.14. The minimum Gasteiger partial charge on any atom is -0.356 e. The summed E-state index contributed by atoms with van der Waals surface area (Å²) in [5.41, 5.74) is 2.47. The van der Waals surface area contributed by atoms with Crippen LogP contribution in [0.3, 0.4) is 0 Å². The first-order valence-electron chi connectivity index (χ1n) is 7.18. The number of carbonyl (C=O) groups is 1. The van der Waals surface area contributed by atoms with E-state index in [2.05, 4.69) is 47.9 Å². The van der Waals surface area contributed by atoms with Gasteiger partial charge in [0.25, 0.3) is 0 Å². The van der Waals surface area contributed by atoms with Crippen molar-refractivity contribution in [3.63, 3.8) is 0 Å². The van der Waals surface area contributed by atoms with Crippen LogP contribution in [0.2, 0.25) is 0 Å². The Kier molecular flexibility index (Phi) is 5.53. The maximum absolute atomic E-state index is 11.8. The number of aryl methyl sites for hydroxylation is 1. The first-order chi connectivity index (χ1) is 9.95. The molecule has 0 spiro atoms. The van der Waals surface area contributed by atoms with E-state index in [4.69, 9.17) is 0 Å². The van der Waals surface area contributed by atoms with Crippen molar-refractivity contribution >= 4 is 28.6 Å². The highest BCUT2D eigenvalue weighted by Gasteiger charge is 2.17. The van der Waals surface area contributed by atoms with E-state index in [1.54, 1.807) is 22.7 Å². The number of rotatable bonds is 6. The Hall–Kier alpha value is -1.20. The van der Waals surface area contributed by atoms with Crippen LogP contribution in [0.4, 0.5) is 0 Å². The Labute approximate surface area is 134 Å². The second-order valence-electron chi connectivity index (χ2n) is 6.11. The zero-order chi connectivity index (χ0) is 15.3. The van der Waals surface area contributed by atoms with Crippen LogP contribution < -0.4 is 5.32 Å². The van der Waals surface area contributed by atoms with Crippen LogP contribution in [-0.4, -0.2) is 17.4 Å². The molecule has 3 nitrogen and oxygen atoms in total. The summed E-state index contributed by atoms with van der Waals surface area (Å²) in [4.78, 5) is 16.4. The molecule has 0 bridgehead atoms. The standard InChI is InChI=1S/C16H22N2OS2/c1-16(2,3)13-11-21-15(18-13)6-8-17-14(19)5-4-12-7-9-20-10-12/h7,9-11H,4-6,8H2,1-3H3,(H,17,19). The molecule has 2 aromatic rings. The van der Waals surface area contributed by atoms with E-state index >= 15 is 0 Å². The molecule has 114 valence electrons. The van der Waals surface area contributed by atoms with Crippen LogP contribution >= 0.6 is 22.7 Å². The monoisotopic (exact) mass is 322 g/mol. The summed E-state index contributed by atoms with van der Waals surface area (Å²) in [6.07, 6.45) is 2.19. The van der Waals surface area contributed by atoms with Crippen molar-refractivity contribution in [1.82, 2.24) is 10.3 Å². The largest absolute Gasteiger partial charge is 0.356 e. The fourth-order valence-corrected chi connectivity index (χ4v) is 3.59. The van der Waals surface area contributed by atoms with Crippen LogP contribution in [0.15, 0.2) is 22.2 Å². The molecule has 0 aliphatic rings. The van der Waals surface area contributed by atoms with Crippen molar-refractivity contribution in [1.29, 1.82) is 0 Å². The van der Waals surface area contributed by atoms with Gasteiger partial charge in [0, 0.05) is 30.2 Å². The molecule has 0 saturated heterocycles. The molecule has 0 fully saturated rings. The molecule has 0 saturated carbocycles. The summed E-state index contributed by atoms with van der Waals surface area (Å²) in [5.74, 6) is 0.119. The summed E-state index contributed by atoms with van der Waals surface area (Å²) < 4.78 is 0. The molecule has 0 atom stereocenters. The third kappa shape index (κ3) is 5.25. The van der Waals surface area contributed by atoms with Gasteiger partial charge < -0.3 is 5.32 Å². The molecule has 0 radical (unpaired) electrons. The number of nitrogens with zero attached hydrogens (tertiary/aromatic N) is 1. The van der Waals surface area contributed by atoms with Crippen LogP contribution in [0.1, 0.15) is 43.5 Å². The smallest absolute Gasteiger partial charge is 0.220 e. The molecule has 0 aliphatic heterocycles. The number of hydrogen-bond acceptors (Lipinski definition) is 4. The lowest BCUT2D eigenvalue weighted by Crippen LogP contribution is -2.25. The summed E-state index contributed by atoms with van der Waals surface area (Å²) in [6.45, 7) is 7.16. The third-order valence-electron chi connectivity index (χ3n) is 3.20. The van der Waals surface area contributed by atoms with E-state index < -0.39 is 0 Å². The van der Waals surface area contributed by atoms with Crippen molar-refractivity contribution in [2.75, 3.05) is 6.54 Å². The Morgan fingerprint density at radius 2 is 2.10 bits per heavy atom. The highest BCUT2D eigenvalue weighted by molar-refractivity contribution is 7.09. The van der Waals surface area contributed by atoms with Crippen molar-refractivity contribution in [2.45, 2.75) is 45.4 Å². The van der Waals surface area contributed by atoms with Gasteiger partial charge >= 0.3 is 0 Å². The third-order valence-corrected chi connectivity index (χ3v) is 4.84. The Bertz CT molecular complexity index is 567. The van der Waals surface area contributed by atoms with Gasteiger partial charge in [-0.1, -0.05) is 20.8 Å². The maximum Gasteiger partial charge on any atom is 0.220 e. The summed E-state index contributed by atoms with van der Waals surface area (Å²) in [5, 5.41) is 10.3. The molecular formula is C16H22N2OS2. The van der Waals surface area contributed by atoms with Crippen LogP contribution in [0, 0.1) is 0 Å². The summed E-state index contributed by atoms with van der Waals surface area (Å²) >= 11 is 3.35. The van der Waals surface area contributed by atoms with Gasteiger partial charge in [0.1, 0.15) is 0 Å². The molecule has 0 aromatic carbocycles. The lowest BCUT2D eigenvalue weighted by atomic mass is 9.93. The SMILES string of the molecule is CC(C)(C)c1csc(CCNC(=O)CCc2ccsc2)n1. The van der Waals surface area contributed by atoms with Crippen molar-refractivity contribution in [2.24, 2.45) is 0 Å². The van der Waals surface area contributed by atoms with Gasteiger partial charge in [0.2, 0.25) is 5.91 Å². The topological polar surface area (TPSA) is 42.0 Å².